The van der Waals surface area contributed by atoms with E-state index in [0.717, 1.165) is 61.3 Å². The molecule has 152 valence electrons. The van der Waals surface area contributed by atoms with Crippen molar-refractivity contribution in [3.63, 3.8) is 0 Å². The van der Waals surface area contributed by atoms with E-state index in [-0.39, 0.29) is 6.10 Å². The molecule has 3 rings (SSSR count). The van der Waals surface area contributed by atoms with E-state index in [2.05, 4.69) is 31.9 Å². The molecule has 1 fully saturated rings. The van der Waals surface area contributed by atoms with Crippen molar-refractivity contribution in [2.75, 3.05) is 26.7 Å². The Balaban J connectivity index is 1.63. The molecule has 1 aromatic carbocycles. The molecule has 0 spiro atoms. The second-order valence-corrected chi connectivity index (χ2v) is 7.37. The van der Waals surface area contributed by atoms with Crippen molar-refractivity contribution in [2.45, 2.75) is 45.4 Å². The van der Waals surface area contributed by atoms with Crippen LogP contribution in [0.1, 0.15) is 31.2 Å². The summed E-state index contributed by atoms with van der Waals surface area (Å²) in [6, 6.07) is 7.91. The number of aliphatic imine (C=N–C) groups is 1. The van der Waals surface area contributed by atoms with Gasteiger partial charge in [-0.05, 0) is 24.5 Å². The first-order valence-corrected chi connectivity index (χ1v) is 10.3. The summed E-state index contributed by atoms with van der Waals surface area (Å²) in [5.74, 6) is 1.84. The number of rotatable bonds is 8. The van der Waals surface area contributed by atoms with Gasteiger partial charge in [0, 0.05) is 44.7 Å². The lowest BCUT2D eigenvalue weighted by Gasteiger charge is -2.24. The van der Waals surface area contributed by atoms with Crippen LogP contribution in [-0.4, -0.2) is 58.5 Å². The Morgan fingerprint density at radius 1 is 1.43 bits per heavy atom. The summed E-state index contributed by atoms with van der Waals surface area (Å²) < 4.78 is 7.79. The molecule has 2 heterocycles. The maximum atomic E-state index is 6.33. The Morgan fingerprint density at radius 2 is 2.29 bits per heavy atom. The Labute approximate surface area is 171 Å². The van der Waals surface area contributed by atoms with Gasteiger partial charge in [-0.1, -0.05) is 36.7 Å². The van der Waals surface area contributed by atoms with Crippen molar-refractivity contribution in [2.24, 2.45) is 4.99 Å². The van der Waals surface area contributed by atoms with Gasteiger partial charge in [0.25, 0.3) is 0 Å². The summed E-state index contributed by atoms with van der Waals surface area (Å²) >= 11 is 6.33. The molecule has 0 saturated carbocycles. The molecule has 28 heavy (non-hydrogen) atoms. The summed E-state index contributed by atoms with van der Waals surface area (Å²) in [7, 11) is 2.03. The normalized spacial score (nSPS) is 17.1. The van der Waals surface area contributed by atoms with Gasteiger partial charge in [0.15, 0.2) is 5.96 Å². The lowest BCUT2D eigenvalue weighted by molar-refractivity contribution is 0.117. The number of ether oxygens (including phenoxy) is 1. The largest absolute Gasteiger partial charge is 0.376 e. The van der Waals surface area contributed by atoms with Crippen LogP contribution >= 0.6 is 11.6 Å². The van der Waals surface area contributed by atoms with E-state index < -0.39 is 0 Å². The molecular formula is C20H29ClN6O. The Morgan fingerprint density at radius 3 is 3.04 bits per heavy atom. The van der Waals surface area contributed by atoms with Crippen molar-refractivity contribution < 1.29 is 4.74 Å². The maximum absolute atomic E-state index is 6.33. The third-order valence-corrected chi connectivity index (χ3v) is 5.21. The number of nitrogens with zero attached hydrogens (tertiary/aromatic N) is 5. The molecule has 1 aromatic heterocycles. The van der Waals surface area contributed by atoms with Gasteiger partial charge >= 0.3 is 0 Å². The Hall–Kier alpha value is -2.12. The van der Waals surface area contributed by atoms with Crippen molar-refractivity contribution in [1.29, 1.82) is 0 Å². The third-order valence-electron chi connectivity index (χ3n) is 4.84. The molecule has 0 aliphatic carbocycles. The Kier molecular flexibility index (Phi) is 7.68. The fourth-order valence-corrected chi connectivity index (χ4v) is 3.47. The minimum atomic E-state index is 0.218. The van der Waals surface area contributed by atoms with Gasteiger partial charge in [-0.25, -0.2) is 0 Å². The van der Waals surface area contributed by atoms with E-state index in [1.54, 1.807) is 6.33 Å². The zero-order valence-corrected chi connectivity index (χ0v) is 17.4. The fraction of sp³-hybridized carbons (Fsp3) is 0.550. The van der Waals surface area contributed by atoms with Crippen LogP contribution in [0, 0.1) is 0 Å². The van der Waals surface area contributed by atoms with E-state index in [4.69, 9.17) is 21.3 Å². The minimum absolute atomic E-state index is 0.218. The smallest absolute Gasteiger partial charge is 0.194 e. The summed E-state index contributed by atoms with van der Waals surface area (Å²) in [5, 5.41) is 12.4. The van der Waals surface area contributed by atoms with Crippen LogP contribution in [0.3, 0.4) is 0 Å². The first kappa shape index (κ1) is 20.6. The minimum Gasteiger partial charge on any atom is -0.376 e. The lowest BCUT2D eigenvalue weighted by Crippen LogP contribution is -2.40. The van der Waals surface area contributed by atoms with E-state index in [0.29, 0.717) is 13.1 Å². The molecule has 1 N–H and O–H groups in total. The van der Waals surface area contributed by atoms with E-state index >= 15 is 0 Å². The number of aromatic nitrogens is 3. The van der Waals surface area contributed by atoms with Crippen LogP contribution in [-0.2, 0) is 24.2 Å². The lowest BCUT2D eigenvalue weighted by atomic mass is 10.2. The van der Waals surface area contributed by atoms with Gasteiger partial charge < -0.3 is 19.5 Å². The molecule has 7 nitrogen and oxygen atoms in total. The first-order valence-electron chi connectivity index (χ1n) is 9.88. The van der Waals surface area contributed by atoms with Crippen molar-refractivity contribution >= 4 is 17.6 Å². The van der Waals surface area contributed by atoms with Gasteiger partial charge in [0.2, 0.25) is 0 Å². The van der Waals surface area contributed by atoms with Gasteiger partial charge in [0.1, 0.15) is 12.2 Å². The predicted molar refractivity (Wildman–Crippen MR) is 112 cm³/mol. The van der Waals surface area contributed by atoms with Gasteiger partial charge in [0.05, 0.1) is 12.6 Å². The van der Waals surface area contributed by atoms with Crippen molar-refractivity contribution in [3.8, 4) is 0 Å². The number of guanidine groups is 1. The molecule has 8 heteroatoms. The number of nitrogens with one attached hydrogen (secondary N) is 1. The van der Waals surface area contributed by atoms with E-state index in [1.807, 2.05) is 31.3 Å². The van der Waals surface area contributed by atoms with Crippen LogP contribution in [0.4, 0.5) is 0 Å². The van der Waals surface area contributed by atoms with Gasteiger partial charge in [-0.2, -0.15) is 0 Å². The topological polar surface area (TPSA) is 67.6 Å². The van der Waals surface area contributed by atoms with Gasteiger partial charge in [-0.3, -0.25) is 4.99 Å². The number of benzene rings is 1. The maximum Gasteiger partial charge on any atom is 0.194 e. The fourth-order valence-electron chi connectivity index (χ4n) is 3.27. The Bertz CT molecular complexity index is 772. The first-order chi connectivity index (χ1) is 13.7. The number of hydrogen-bond acceptors (Lipinski definition) is 4. The standard InChI is InChI=1S/C20H29ClN6O/c1-3-19-25-24-15-27(19)11-10-22-20(23-13-17-8-6-12-28-17)26(2)14-16-7-4-5-9-18(16)21/h4-5,7,9,15,17H,3,6,8,10-14H2,1-2H3,(H,22,23). The summed E-state index contributed by atoms with van der Waals surface area (Å²) in [4.78, 5) is 6.92. The highest BCUT2D eigenvalue weighted by molar-refractivity contribution is 6.31. The molecule has 0 radical (unpaired) electrons. The second-order valence-electron chi connectivity index (χ2n) is 6.97. The van der Waals surface area contributed by atoms with Crippen LogP contribution in [0.2, 0.25) is 5.02 Å². The number of hydrogen-bond donors (Lipinski definition) is 1. The van der Waals surface area contributed by atoms with E-state index in [1.165, 1.54) is 0 Å². The molecule has 1 aliphatic heterocycles. The highest BCUT2D eigenvalue weighted by atomic mass is 35.5. The highest BCUT2D eigenvalue weighted by Crippen LogP contribution is 2.17. The molecule has 1 atom stereocenters. The average Bonchev–Trinajstić information content (AvgIpc) is 3.37. The molecule has 1 saturated heterocycles. The van der Waals surface area contributed by atoms with E-state index in [9.17, 15) is 0 Å². The average molecular weight is 405 g/mol. The highest BCUT2D eigenvalue weighted by Gasteiger charge is 2.16. The zero-order valence-electron chi connectivity index (χ0n) is 16.6. The van der Waals surface area contributed by atoms with Gasteiger partial charge in [-0.15, -0.1) is 10.2 Å². The number of aryl methyl sites for hydroxylation is 1. The third kappa shape index (κ3) is 5.69. The number of halogens is 1. The molecule has 2 aromatic rings. The summed E-state index contributed by atoms with van der Waals surface area (Å²) in [6.45, 7) is 5.80. The zero-order chi connectivity index (χ0) is 19.8. The molecule has 1 unspecified atom stereocenters. The summed E-state index contributed by atoms with van der Waals surface area (Å²) in [5.41, 5.74) is 1.07. The monoisotopic (exact) mass is 404 g/mol. The van der Waals surface area contributed by atoms with Crippen molar-refractivity contribution in [1.82, 2.24) is 25.0 Å². The van der Waals surface area contributed by atoms with Crippen LogP contribution in [0.15, 0.2) is 35.6 Å². The SMILES string of the molecule is CCc1nncn1CCNC(=NCC1CCCO1)N(C)Cc1ccccc1Cl. The molecule has 0 amide bonds. The molecular weight excluding hydrogens is 376 g/mol. The second kappa shape index (κ2) is 10.4. The molecule has 1 aliphatic rings. The van der Waals surface area contributed by atoms with Crippen molar-refractivity contribution in [3.05, 3.63) is 47.0 Å². The summed E-state index contributed by atoms with van der Waals surface area (Å²) in [6.07, 6.45) is 5.05. The molecule has 0 bridgehead atoms. The predicted octanol–water partition coefficient (Wildman–Crippen LogP) is 2.75. The van der Waals surface area contributed by atoms with Crippen LogP contribution in [0.5, 0.6) is 0 Å². The van der Waals surface area contributed by atoms with Crippen LogP contribution < -0.4 is 5.32 Å². The van der Waals surface area contributed by atoms with Crippen LogP contribution in [0.25, 0.3) is 0 Å². The quantitative estimate of drug-likeness (QED) is 0.541.